The maximum Gasteiger partial charge on any atom is 0.311 e. The minimum Gasteiger partial charge on any atom is -0.466 e. The predicted molar refractivity (Wildman–Crippen MR) is 153 cm³/mol. The monoisotopic (exact) mass is 550 g/mol. The normalized spacial score (nSPS) is 32.2. The molecule has 3 aliphatic rings. The number of esters is 1. The van der Waals surface area contributed by atoms with E-state index in [1.807, 2.05) is 18.7 Å². The smallest absolute Gasteiger partial charge is 0.311 e. The quantitative estimate of drug-likeness (QED) is 0.297. The number of carbonyl (C=O) groups excluding carboxylic acids is 3. The number of ether oxygens (including phenoxy) is 1. The molecule has 2 unspecified atom stereocenters. The SMILES string of the molecule is C=CCN(C(=O)C1N([C@@H](CO)[C@@H](C)CC)C(=O)[C@@H]2[C@@H](C(=O)OCC)[C@@]3(C)CCC12S3)C(C)(C)CC(C)(C)C. The third-order valence-corrected chi connectivity index (χ3v) is 11.1. The van der Waals surface area contributed by atoms with Crippen molar-refractivity contribution >= 4 is 29.5 Å². The Labute approximate surface area is 234 Å². The molecule has 0 saturated carbocycles. The van der Waals surface area contributed by atoms with Crippen molar-refractivity contribution in [1.29, 1.82) is 0 Å². The van der Waals surface area contributed by atoms with Crippen molar-refractivity contribution in [2.75, 3.05) is 19.8 Å². The molecular formula is C30H50N2O5S. The molecular weight excluding hydrogens is 500 g/mol. The number of carbonyl (C=O) groups is 3. The molecule has 0 aromatic rings. The fourth-order valence-corrected chi connectivity index (χ4v) is 10.0. The lowest BCUT2D eigenvalue weighted by Crippen LogP contribution is -2.62. The molecule has 3 rings (SSSR count). The maximum absolute atomic E-state index is 14.9. The summed E-state index contributed by atoms with van der Waals surface area (Å²) in [7, 11) is 0. The standard InChI is InChI=1S/C30H50N2O5S/c1-11-16-31(28(8,9)18-27(5,6)7)25(35)23-30-15-14-29(10,38-30)22(26(36)37-13-3)21(30)24(34)32(23)20(17-33)19(4)12-2/h11,19-23,33H,1,12-18H2,2-10H3/t19-,20-,21-,22-,23?,29+,30?/m0/s1. The second-order valence-corrected chi connectivity index (χ2v) is 15.5. The van der Waals surface area contributed by atoms with Crippen molar-refractivity contribution in [3.05, 3.63) is 12.7 Å². The van der Waals surface area contributed by atoms with Crippen LogP contribution in [0.5, 0.6) is 0 Å². The fourth-order valence-electron chi connectivity index (χ4n) is 7.71. The van der Waals surface area contributed by atoms with Gasteiger partial charge in [-0.25, -0.2) is 0 Å². The van der Waals surface area contributed by atoms with E-state index in [2.05, 4.69) is 48.1 Å². The van der Waals surface area contributed by atoms with Crippen LogP contribution in [0.2, 0.25) is 0 Å². The van der Waals surface area contributed by atoms with Gasteiger partial charge in [-0.1, -0.05) is 47.1 Å². The van der Waals surface area contributed by atoms with Crippen LogP contribution in [-0.4, -0.2) is 79.6 Å². The summed E-state index contributed by atoms with van der Waals surface area (Å²) in [4.78, 5) is 46.2. The van der Waals surface area contributed by atoms with Gasteiger partial charge in [-0.15, -0.1) is 18.3 Å². The van der Waals surface area contributed by atoms with Crippen molar-refractivity contribution in [2.45, 2.75) is 115 Å². The highest BCUT2D eigenvalue weighted by molar-refractivity contribution is 8.02. The lowest BCUT2D eigenvalue weighted by Gasteiger charge is -2.47. The highest BCUT2D eigenvalue weighted by Crippen LogP contribution is 2.72. The molecule has 3 heterocycles. The van der Waals surface area contributed by atoms with Gasteiger partial charge in [0.15, 0.2) is 0 Å². The number of rotatable bonds is 11. The average Bonchev–Trinajstić information content (AvgIpc) is 3.37. The van der Waals surface area contributed by atoms with E-state index in [1.54, 1.807) is 29.7 Å². The van der Waals surface area contributed by atoms with Crippen LogP contribution in [0.25, 0.3) is 0 Å². The van der Waals surface area contributed by atoms with Gasteiger partial charge in [0.2, 0.25) is 11.8 Å². The van der Waals surface area contributed by atoms with Gasteiger partial charge in [-0.2, -0.15) is 0 Å². The molecule has 3 fully saturated rings. The van der Waals surface area contributed by atoms with E-state index < -0.39 is 39.0 Å². The predicted octanol–water partition coefficient (Wildman–Crippen LogP) is 4.67. The Bertz CT molecular complexity index is 945. The van der Waals surface area contributed by atoms with Gasteiger partial charge in [0.1, 0.15) is 6.04 Å². The molecule has 0 aliphatic carbocycles. The second kappa shape index (κ2) is 10.8. The van der Waals surface area contributed by atoms with Gasteiger partial charge in [0, 0.05) is 16.8 Å². The third-order valence-electron chi connectivity index (χ3n) is 9.11. The van der Waals surface area contributed by atoms with Crippen LogP contribution >= 0.6 is 11.8 Å². The van der Waals surface area contributed by atoms with E-state index in [-0.39, 0.29) is 42.3 Å². The lowest BCUT2D eigenvalue weighted by molar-refractivity contribution is -0.156. The molecule has 2 amide bonds. The van der Waals surface area contributed by atoms with E-state index in [0.717, 1.165) is 19.3 Å². The summed E-state index contributed by atoms with van der Waals surface area (Å²) in [6, 6.07) is -1.27. The number of thioether (sulfide) groups is 1. The van der Waals surface area contributed by atoms with Crippen LogP contribution < -0.4 is 0 Å². The zero-order valence-electron chi connectivity index (χ0n) is 25.0. The highest BCUT2D eigenvalue weighted by atomic mass is 32.2. The first kappa shape index (κ1) is 31.0. The molecule has 0 radical (unpaired) electrons. The van der Waals surface area contributed by atoms with Crippen molar-refractivity contribution in [2.24, 2.45) is 23.2 Å². The van der Waals surface area contributed by atoms with Crippen LogP contribution in [0.15, 0.2) is 12.7 Å². The topological polar surface area (TPSA) is 87.2 Å². The van der Waals surface area contributed by atoms with Gasteiger partial charge >= 0.3 is 5.97 Å². The van der Waals surface area contributed by atoms with Crippen molar-refractivity contribution in [3.63, 3.8) is 0 Å². The summed E-state index contributed by atoms with van der Waals surface area (Å²) in [5.41, 5.74) is -0.521. The summed E-state index contributed by atoms with van der Waals surface area (Å²) in [6.07, 6.45) is 4.68. The number of aliphatic hydroxyl groups is 1. The van der Waals surface area contributed by atoms with E-state index in [0.29, 0.717) is 13.0 Å². The summed E-state index contributed by atoms with van der Waals surface area (Å²) >= 11 is 1.65. The number of fused-ring (bicyclic) bond motifs is 1. The first-order valence-corrected chi connectivity index (χ1v) is 15.1. The highest BCUT2D eigenvalue weighted by Gasteiger charge is 2.78. The van der Waals surface area contributed by atoms with Crippen LogP contribution in [0.3, 0.4) is 0 Å². The largest absolute Gasteiger partial charge is 0.466 e. The molecule has 1 N–H and O–H groups in total. The van der Waals surface area contributed by atoms with Gasteiger partial charge < -0.3 is 19.6 Å². The van der Waals surface area contributed by atoms with Crippen LogP contribution in [0.4, 0.5) is 0 Å². The summed E-state index contributed by atoms with van der Waals surface area (Å²) in [5, 5.41) is 10.6. The zero-order valence-corrected chi connectivity index (χ0v) is 25.8. The minimum atomic E-state index is -0.767. The number of likely N-dealkylation sites (tertiary alicyclic amines) is 1. The summed E-state index contributed by atoms with van der Waals surface area (Å²) < 4.78 is 4.29. The van der Waals surface area contributed by atoms with Crippen LogP contribution in [0, 0.1) is 23.2 Å². The molecule has 3 saturated heterocycles. The molecule has 38 heavy (non-hydrogen) atoms. The van der Waals surface area contributed by atoms with Crippen LogP contribution in [-0.2, 0) is 19.1 Å². The molecule has 2 bridgehead atoms. The van der Waals surface area contributed by atoms with Gasteiger partial charge in [0.05, 0.1) is 35.8 Å². The number of aliphatic hydroxyl groups excluding tert-OH is 1. The first-order chi connectivity index (χ1) is 17.5. The molecule has 8 heteroatoms. The molecule has 7 nitrogen and oxygen atoms in total. The van der Waals surface area contributed by atoms with Gasteiger partial charge in [-0.3, -0.25) is 14.4 Å². The first-order valence-electron chi connectivity index (χ1n) is 14.3. The summed E-state index contributed by atoms with van der Waals surface area (Å²) in [6.45, 7) is 22.8. The minimum absolute atomic E-state index is 0.0104. The Morgan fingerprint density at radius 1 is 1.26 bits per heavy atom. The van der Waals surface area contributed by atoms with E-state index in [9.17, 15) is 19.5 Å². The Hall–Kier alpha value is -1.54. The number of nitrogens with zero attached hydrogens (tertiary/aromatic N) is 2. The van der Waals surface area contributed by atoms with Gasteiger partial charge in [0.25, 0.3) is 0 Å². The number of hydrogen-bond donors (Lipinski definition) is 1. The second-order valence-electron chi connectivity index (χ2n) is 13.6. The average molecular weight is 551 g/mol. The van der Waals surface area contributed by atoms with E-state index in [1.165, 1.54) is 0 Å². The van der Waals surface area contributed by atoms with E-state index in [4.69, 9.17) is 4.74 Å². The van der Waals surface area contributed by atoms with Crippen LogP contribution in [0.1, 0.15) is 88.0 Å². The summed E-state index contributed by atoms with van der Waals surface area (Å²) in [5.74, 6) is -1.92. The molecule has 3 aliphatic heterocycles. The molecule has 0 aromatic carbocycles. The Kier molecular flexibility index (Phi) is 8.80. The lowest BCUT2D eigenvalue weighted by atomic mass is 9.66. The van der Waals surface area contributed by atoms with Crippen molar-refractivity contribution in [1.82, 2.24) is 9.80 Å². The fraction of sp³-hybridized carbons (Fsp3) is 0.833. The molecule has 7 atom stereocenters. The number of amides is 2. The molecule has 0 aromatic heterocycles. The Morgan fingerprint density at radius 3 is 2.39 bits per heavy atom. The van der Waals surface area contributed by atoms with Crippen molar-refractivity contribution < 1.29 is 24.2 Å². The van der Waals surface area contributed by atoms with Gasteiger partial charge in [-0.05, 0) is 58.3 Å². The Morgan fingerprint density at radius 2 is 1.89 bits per heavy atom. The molecule has 1 spiro atoms. The van der Waals surface area contributed by atoms with Crippen molar-refractivity contribution in [3.8, 4) is 0 Å². The number of hydrogen-bond acceptors (Lipinski definition) is 6. The molecule has 216 valence electrons. The van der Waals surface area contributed by atoms with E-state index >= 15 is 0 Å². The zero-order chi connectivity index (χ0) is 28.8. The Balaban J connectivity index is 2.20. The maximum atomic E-state index is 14.9. The third kappa shape index (κ3) is 5.04.